The molecule has 28 heavy (non-hydrogen) atoms. The van der Waals surface area contributed by atoms with Crippen molar-refractivity contribution in [1.29, 1.82) is 0 Å². The first-order chi connectivity index (χ1) is 12.7. The highest BCUT2D eigenvalue weighted by Crippen LogP contribution is 2.29. The molecule has 4 aliphatic rings. The average Bonchev–Trinajstić information content (AvgIpc) is 3.21. The lowest BCUT2D eigenvalue weighted by atomic mass is 9.92. The van der Waals surface area contributed by atoms with Crippen molar-refractivity contribution in [3.05, 3.63) is 0 Å². The molecule has 3 atom stereocenters. The summed E-state index contributed by atoms with van der Waals surface area (Å²) in [5.74, 6) is 1.67. The Kier molecular flexibility index (Phi) is 9.28. The van der Waals surface area contributed by atoms with Crippen LogP contribution in [-0.2, 0) is 14.3 Å². The van der Waals surface area contributed by atoms with Crippen LogP contribution in [0.2, 0.25) is 0 Å². The third-order valence-corrected chi connectivity index (χ3v) is 6.68. The summed E-state index contributed by atoms with van der Waals surface area (Å²) >= 11 is 0. The molecule has 1 N–H and O–H groups in total. The Bertz CT molecular complexity index is 519. The SMILES string of the molecule is Cl.Cl.O=C1CC(C(=O)N2CC[C@@H]3CNC[C@@H]3CC2)CN1CCN1CCOCC1. The van der Waals surface area contributed by atoms with Gasteiger partial charge in [-0.15, -0.1) is 24.8 Å². The number of rotatable bonds is 4. The number of fused-ring (bicyclic) bond motifs is 1. The normalized spacial score (nSPS) is 31.0. The van der Waals surface area contributed by atoms with E-state index in [1.807, 2.05) is 9.80 Å². The number of morpholine rings is 1. The van der Waals surface area contributed by atoms with Gasteiger partial charge in [-0.05, 0) is 37.8 Å². The fourth-order valence-electron chi connectivity index (χ4n) is 4.94. The van der Waals surface area contributed by atoms with Crippen LogP contribution >= 0.6 is 24.8 Å². The number of halogens is 2. The van der Waals surface area contributed by atoms with Crippen LogP contribution in [0.25, 0.3) is 0 Å². The van der Waals surface area contributed by atoms with Crippen LogP contribution in [0.4, 0.5) is 0 Å². The van der Waals surface area contributed by atoms with Gasteiger partial charge in [0.1, 0.15) is 0 Å². The summed E-state index contributed by atoms with van der Waals surface area (Å²) in [4.78, 5) is 31.6. The van der Waals surface area contributed by atoms with Crippen LogP contribution < -0.4 is 5.32 Å². The molecule has 0 aromatic carbocycles. The predicted molar refractivity (Wildman–Crippen MR) is 112 cm³/mol. The number of ether oxygens (including phenoxy) is 1. The Hall–Kier alpha value is -0.600. The van der Waals surface area contributed by atoms with E-state index in [1.54, 1.807) is 0 Å². The third kappa shape index (κ3) is 5.51. The van der Waals surface area contributed by atoms with Gasteiger partial charge in [0.05, 0.1) is 19.1 Å². The van der Waals surface area contributed by atoms with E-state index in [1.165, 1.54) is 0 Å². The molecule has 162 valence electrons. The summed E-state index contributed by atoms with van der Waals surface area (Å²) in [5.41, 5.74) is 0. The van der Waals surface area contributed by atoms with Crippen molar-refractivity contribution in [2.45, 2.75) is 19.3 Å². The third-order valence-electron chi connectivity index (χ3n) is 6.68. The largest absolute Gasteiger partial charge is 0.379 e. The summed E-state index contributed by atoms with van der Waals surface area (Å²) in [5, 5.41) is 3.48. The molecule has 0 radical (unpaired) electrons. The van der Waals surface area contributed by atoms with Gasteiger partial charge in [-0.2, -0.15) is 0 Å². The molecule has 0 saturated carbocycles. The van der Waals surface area contributed by atoms with E-state index in [4.69, 9.17) is 4.74 Å². The van der Waals surface area contributed by atoms with Crippen molar-refractivity contribution in [3.8, 4) is 0 Å². The van der Waals surface area contributed by atoms with Gasteiger partial charge in [0.15, 0.2) is 0 Å². The molecule has 0 aliphatic carbocycles. The first-order valence-corrected chi connectivity index (χ1v) is 10.3. The van der Waals surface area contributed by atoms with Gasteiger partial charge >= 0.3 is 0 Å². The molecule has 4 saturated heterocycles. The lowest BCUT2D eigenvalue weighted by Crippen LogP contribution is -2.42. The van der Waals surface area contributed by atoms with Crippen LogP contribution in [0.15, 0.2) is 0 Å². The Morgan fingerprint density at radius 2 is 1.64 bits per heavy atom. The molecular weight excluding hydrogens is 403 g/mol. The van der Waals surface area contributed by atoms with E-state index < -0.39 is 0 Å². The number of carbonyl (C=O) groups excluding carboxylic acids is 2. The topological polar surface area (TPSA) is 65.1 Å². The van der Waals surface area contributed by atoms with Crippen molar-refractivity contribution in [3.63, 3.8) is 0 Å². The number of carbonyl (C=O) groups is 2. The van der Waals surface area contributed by atoms with Gasteiger partial charge in [0.25, 0.3) is 0 Å². The highest BCUT2D eigenvalue weighted by Gasteiger charge is 2.38. The molecule has 0 aromatic rings. The van der Waals surface area contributed by atoms with Crippen molar-refractivity contribution >= 4 is 36.6 Å². The number of likely N-dealkylation sites (tertiary alicyclic amines) is 2. The minimum atomic E-state index is -0.136. The van der Waals surface area contributed by atoms with Gasteiger partial charge in [-0.3, -0.25) is 14.5 Å². The van der Waals surface area contributed by atoms with Crippen molar-refractivity contribution in [2.24, 2.45) is 17.8 Å². The maximum atomic E-state index is 13.0. The number of nitrogens with one attached hydrogen (secondary N) is 1. The maximum absolute atomic E-state index is 13.0. The standard InChI is InChI=1S/C19H32N4O3.2ClH/c24-18-11-17(14-23(18)6-5-21-7-9-26-10-8-21)19(25)22-3-1-15-12-20-13-16(15)2-4-22;;/h15-17,20H,1-14H2;2*1H/t15-,16+,17?;;. The summed E-state index contributed by atoms with van der Waals surface area (Å²) in [6.07, 6.45) is 2.60. The lowest BCUT2D eigenvalue weighted by Gasteiger charge is -2.28. The molecule has 4 fully saturated rings. The molecule has 1 unspecified atom stereocenters. The molecule has 4 aliphatic heterocycles. The zero-order valence-electron chi connectivity index (χ0n) is 16.5. The summed E-state index contributed by atoms with van der Waals surface area (Å²) in [7, 11) is 0. The zero-order chi connectivity index (χ0) is 17.9. The van der Waals surface area contributed by atoms with E-state index in [9.17, 15) is 9.59 Å². The zero-order valence-corrected chi connectivity index (χ0v) is 18.1. The smallest absolute Gasteiger partial charge is 0.227 e. The summed E-state index contributed by atoms with van der Waals surface area (Å²) < 4.78 is 5.37. The number of amides is 2. The second-order valence-corrected chi connectivity index (χ2v) is 8.28. The van der Waals surface area contributed by atoms with Crippen LogP contribution in [0.5, 0.6) is 0 Å². The highest BCUT2D eigenvalue weighted by atomic mass is 35.5. The number of nitrogens with zero attached hydrogens (tertiary/aromatic N) is 3. The second kappa shape index (κ2) is 11.0. The first-order valence-electron chi connectivity index (χ1n) is 10.3. The lowest BCUT2D eigenvalue weighted by molar-refractivity contribution is -0.135. The molecule has 0 bridgehead atoms. The quantitative estimate of drug-likeness (QED) is 0.693. The Morgan fingerprint density at radius 3 is 2.29 bits per heavy atom. The molecule has 2 amide bonds. The van der Waals surface area contributed by atoms with Crippen LogP contribution in [-0.4, -0.2) is 98.6 Å². The summed E-state index contributed by atoms with van der Waals surface area (Å²) in [6.45, 7) is 9.59. The van der Waals surface area contributed by atoms with Gasteiger partial charge in [0.2, 0.25) is 11.8 Å². The molecule has 0 aromatic heterocycles. The minimum Gasteiger partial charge on any atom is -0.379 e. The van der Waals surface area contributed by atoms with E-state index in [2.05, 4.69) is 10.2 Å². The van der Waals surface area contributed by atoms with Crippen molar-refractivity contribution in [1.82, 2.24) is 20.0 Å². The van der Waals surface area contributed by atoms with E-state index in [-0.39, 0.29) is 42.5 Å². The van der Waals surface area contributed by atoms with Gasteiger partial charge in [-0.1, -0.05) is 0 Å². The van der Waals surface area contributed by atoms with E-state index in [0.29, 0.717) is 13.0 Å². The summed E-state index contributed by atoms with van der Waals surface area (Å²) in [6, 6.07) is 0. The first kappa shape index (κ1) is 23.7. The Labute approximate surface area is 180 Å². The minimum absolute atomic E-state index is 0. The predicted octanol–water partition coefficient (Wildman–Crippen LogP) is 0.469. The molecule has 7 nitrogen and oxygen atoms in total. The van der Waals surface area contributed by atoms with Crippen LogP contribution in [0.3, 0.4) is 0 Å². The van der Waals surface area contributed by atoms with Gasteiger partial charge < -0.3 is 19.9 Å². The molecular formula is C19H34Cl2N4O3. The average molecular weight is 437 g/mol. The molecule has 0 spiro atoms. The van der Waals surface area contributed by atoms with Gasteiger partial charge in [0, 0.05) is 52.2 Å². The second-order valence-electron chi connectivity index (χ2n) is 8.28. The Morgan fingerprint density at radius 1 is 1.00 bits per heavy atom. The van der Waals surface area contributed by atoms with Crippen molar-refractivity contribution < 1.29 is 14.3 Å². The fraction of sp³-hybridized carbons (Fsp3) is 0.895. The van der Waals surface area contributed by atoms with E-state index in [0.717, 1.165) is 90.2 Å². The van der Waals surface area contributed by atoms with Crippen LogP contribution in [0.1, 0.15) is 19.3 Å². The molecule has 4 rings (SSSR count). The number of hydrogen-bond acceptors (Lipinski definition) is 5. The molecule has 4 heterocycles. The van der Waals surface area contributed by atoms with Gasteiger partial charge in [-0.25, -0.2) is 0 Å². The number of hydrogen-bond donors (Lipinski definition) is 1. The van der Waals surface area contributed by atoms with Crippen molar-refractivity contribution in [2.75, 3.05) is 72.1 Å². The van der Waals surface area contributed by atoms with E-state index >= 15 is 0 Å². The maximum Gasteiger partial charge on any atom is 0.227 e. The monoisotopic (exact) mass is 436 g/mol. The fourth-order valence-corrected chi connectivity index (χ4v) is 4.94. The highest BCUT2D eigenvalue weighted by molar-refractivity contribution is 5.89. The molecule has 9 heteroatoms. The Balaban J connectivity index is 0.00000140. The van der Waals surface area contributed by atoms with Crippen LogP contribution in [0, 0.1) is 17.8 Å².